The largest absolute Gasteiger partial charge is 0.352 e. The molecule has 4 rings (SSSR count). The molecule has 1 amide bonds. The molecule has 2 N–H and O–H groups in total. The van der Waals surface area contributed by atoms with Crippen molar-refractivity contribution in [2.45, 2.75) is 12.1 Å². The first-order chi connectivity index (χ1) is 11.2. The van der Waals surface area contributed by atoms with Crippen molar-refractivity contribution in [1.29, 1.82) is 0 Å². The molecule has 0 bridgehead atoms. The van der Waals surface area contributed by atoms with E-state index in [1.165, 1.54) is 17.7 Å². The first kappa shape index (κ1) is 14.1. The number of rotatable bonds is 3. The maximum absolute atomic E-state index is 15.0. The Bertz CT molecular complexity index is 850. The van der Waals surface area contributed by atoms with Crippen LogP contribution in [0.5, 0.6) is 0 Å². The fraction of sp³-hybridized carbons (Fsp3) is 0.286. The fourth-order valence-electron chi connectivity index (χ4n) is 2.74. The number of H-pyrrole nitrogens is 1. The monoisotopic (exact) mass is 332 g/mol. The lowest BCUT2D eigenvalue weighted by Crippen LogP contribution is -2.41. The lowest BCUT2D eigenvalue weighted by molar-refractivity contribution is -0.126. The molecule has 4 heterocycles. The van der Waals surface area contributed by atoms with Gasteiger partial charge in [0.15, 0.2) is 5.13 Å². The molecule has 1 saturated heterocycles. The number of amides is 1. The average molecular weight is 332 g/mol. The maximum atomic E-state index is 15.0. The van der Waals surface area contributed by atoms with Gasteiger partial charge in [-0.3, -0.25) is 10.1 Å². The van der Waals surface area contributed by atoms with Gasteiger partial charge in [0.1, 0.15) is 17.8 Å². The molecular formula is C14H13FN6OS. The molecule has 23 heavy (non-hydrogen) atoms. The van der Waals surface area contributed by atoms with Gasteiger partial charge in [0.2, 0.25) is 5.67 Å². The van der Waals surface area contributed by atoms with E-state index in [1.54, 1.807) is 22.7 Å². The van der Waals surface area contributed by atoms with Crippen molar-refractivity contribution in [3.8, 4) is 0 Å². The van der Waals surface area contributed by atoms with E-state index in [1.807, 2.05) is 6.07 Å². The van der Waals surface area contributed by atoms with Crippen molar-refractivity contribution < 1.29 is 9.18 Å². The summed E-state index contributed by atoms with van der Waals surface area (Å²) in [6.07, 6.45) is 4.87. The minimum absolute atomic E-state index is 0.0402. The van der Waals surface area contributed by atoms with E-state index in [0.29, 0.717) is 23.1 Å². The number of alkyl halides is 1. The summed E-state index contributed by atoms with van der Waals surface area (Å²) in [6.45, 7) is 0.376. The summed E-state index contributed by atoms with van der Waals surface area (Å²) in [6, 6.07) is 1.85. The Labute approximate surface area is 134 Å². The molecule has 118 valence electrons. The number of fused-ring (bicyclic) bond motifs is 1. The van der Waals surface area contributed by atoms with Gasteiger partial charge in [0.25, 0.3) is 5.91 Å². The Hall–Kier alpha value is -2.55. The van der Waals surface area contributed by atoms with Gasteiger partial charge in [0.05, 0.1) is 11.9 Å². The Balaban J connectivity index is 1.56. The van der Waals surface area contributed by atoms with Crippen LogP contribution in [-0.2, 0) is 4.79 Å². The molecule has 0 aliphatic carbocycles. The Morgan fingerprint density at radius 3 is 3.17 bits per heavy atom. The third-order valence-electron chi connectivity index (χ3n) is 3.91. The number of aromatic nitrogens is 4. The summed E-state index contributed by atoms with van der Waals surface area (Å²) < 4.78 is 15.0. The highest BCUT2D eigenvalue weighted by Crippen LogP contribution is 2.33. The number of thiazole rings is 1. The second kappa shape index (κ2) is 5.27. The zero-order chi connectivity index (χ0) is 15.9. The molecule has 0 spiro atoms. The Morgan fingerprint density at radius 2 is 2.35 bits per heavy atom. The van der Waals surface area contributed by atoms with Crippen LogP contribution in [-0.4, -0.2) is 44.6 Å². The maximum Gasteiger partial charge on any atom is 0.265 e. The second-order valence-corrected chi connectivity index (χ2v) is 6.26. The molecule has 1 unspecified atom stereocenters. The van der Waals surface area contributed by atoms with Crippen LogP contribution in [0.4, 0.5) is 15.3 Å². The van der Waals surface area contributed by atoms with Crippen molar-refractivity contribution in [3.63, 3.8) is 0 Å². The smallest absolute Gasteiger partial charge is 0.265 e. The van der Waals surface area contributed by atoms with Gasteiger partial charge < -0.3 is 9.88 Å². The van der Waals surface area contributed by atoms with Gasteiger partial charge >= 0.3 is 0 Å². The quantitative estimate of drug-likeness (QED) is 0.766. The van der Waals surface area contributed by atoms with Crippen molar-refractivity contribution in [1.82, 2.24) is 19.9 Å². The first-order valence-electron chi connectivity index (χ1n) is 7.09. The molecule has 0 aromatic carbocycles. The van der Waals surface area contributed by atoms with Gasteiger partial charge in [0, 0.05) is 30.7 Å². The van der Waals surface area contributed by atoms with Crippen LogP contribution in [0.15, 0.2) is 30.2 Å². The van der Waals surface area contributed by atoms with Gasteiger partial charge in [-0.1, -0.05) is 0 Å². The minimum atomic E-state index is -1.96. The summed E-state index contributed by atoms with van der Waals surface area (Å²) in [5.41, 5.74) is -1.27. The third kappa shape index (κ3) is 2.42. The van der Waals surface area contributed by atoms with Crippen LogP contribution >= 0.6 is 11.3 Å². The van der Waals surface area contributed by atoms with Gasteiger partial charge in [-0.05, 0) is 6.07 Å². The summed E-state index contributed by atoms with van der Waals surface area (Å²) in [7, 11) is 0. The fourth-order valence-corrected chi connectivity index (χ4v) is 3.27. The van der Waals surface area contributed by atoms with Gasteiger partial charge in [-0.2, -0.15) is 0 Å². The number of nitrogens with zero attached hydrogens (tertiary/aromatic N) is 4. The highest BCUT2D eigenvalue weighted by atomic mass is 32.1. The SMILES string of the molecule is O=C(Nc1nccs1)C1(F)CCN(c2ncnc3[nH]ccc23)C1. The van der Waals surface area contributed by atoms with Crippen LogP contribution in [0, 0.1) is 0 Å². The molecule has 3 aromatic rings. The van der Waals surface area contributed by atoms with E-state index in [-0.39, 0.29) is 13.0 Å². The van der Waals surface area contributed by atoms with Crippen molar-refractivity contribution >= 4 is 39.2 Å². The zero-order valence-electron chi connectivity index (χ0n) is 12.0. The van der Waals surface area contributed by atoms with Gasteiger partial charge in [-0.15, -0.1) is 11.3 Å². The number of hydrogen-bond donors (Lipinski definition) is 2. The number of carbonyl (C=O) groups excluding carboxylic acids is 1. The average Bonchev–Trinajstić information content (AvgIpc) is 3.26. The minimum Gasteiger partial charge on any atom is -0.352 e. The molecule has 1 atom stereocenters. The number of nitrogens with one attached hydrogen (secondary N) is 2. The highest BCUT2D eigenvalue weighted by Gasteiger charge is 2.46. The molecule has 0 saturated carbocycles. The van der Waals surface area contributed by atoms with E-state index >= 15 is 4.39 Å². The van der Waals surface area contributed by atoms with Crippen LogP contribution in [0.25, 0.3) is 11.0 Å². The van der Waals surface area contributed by atoms with Crippen LogP contribution in [0.3, 0.4) is 0 Å². The standard InChI is InChI=1S/C14H13FN6OS/c15-14(12(22)20-13-17-4-6-23-13)2-5-21(7-14)11-9-1-3-16-10(9)18-8-19-11/h1,3-4,6,8H,2,5,7H2,(H,16,18,19)(H,17,20,22). The molecule has 1 aliphatic heterocycles. The Morgan fingerprint density at radius 1 is 1.43 bits per heavy atom. The van der Waals surface area contributed by atoms with Crippen LogP contribution < -0.4 is 10.2 Å². The van der Waals surface area contributed by atoms with E-state index < -0.39 is 11.6 Å². The van der Waals surface area contributed by atoms with Crippen molar-refractivity contribution in [3.05, 3.63) is 30.2 Å². The number of anilines is 2. The third-order valence-corrected chi connectivity index (χ3v) is 4.60. The topological polar surface area (TPSA) is 86.8 Å². The Kier molecular flexibility index (Phi) is 3.22. The van der Waals surface area contributed by atoms with E-state index in [2.05, 4.69) is 25.3 Å². The molecule has 3 aromatic heterocycles. The number of hydrogen-bond acceptors (Lipinski definition) is 6. The highest BCUT2D eigenvalue weighted by molar-refractivity contribution is 7.13. The van der Waals surface area contributed by atoms with E-state index in [0.717, 1.165) is 5.39 Å². The second-order valence-electron chi connectivity index (χ2n) is 5.37. The molecular weight excluding hydrogens is 319 g/mol. The van der Waals surface area contributed by atoms with E-state index in [4.69, 9.17) is 0 Å². The van der Waals surface area contributed by atoms with Gasteiger partial charge in [-0.25, -0.2) is 19.3 Å². The van der Waals surface area contributed by atoms with Crippen LogP contribution in [0.1, 0.15) is 6.42 Å². The van der Waals surface area contributed by atoms with Crippen LogP contribution in [0.2, 0.25) is 0 Å². The lowest BCUT2D eigenvalue weighted by atomic mass is 10.1. The molecule has 7 nitrogen and oxygen atoms in total. The first-order valence-corrected chi connectivity index (χ1v) is 7.97. The predicted molar refractivity (Wildman–Crippen MR) is 85.3 cm³/mol. The molecule has 1 aliphatic rings. The number of carbonyl (C=O) groups is 1. The summed E-state index contributed by atoms with van der Waals surface area (Å²) in [5.74, 6) is -0.0212. The summed E-state index contributed by atoms with van der Waals surface area (Å²) in [4.78, 5) is 29.3. The summed E-state index contributed by atoms with van der Waals surface area (Å²) in [5, 5.41) is 5.48. The normalized spacial score (nSPS) is 21.0. The molecule has 9 heteroatoms. The number of aromatic amines is 1. The zero-order valence-corrected chi connectivity index (χ0v) is 12.8. The predicted octanol–water partition coefficient (Wildman–Crippen LogP) is 1.97. The molecule has 0 radical (unpaired) electrons. The lowest BCUT2D eigenvalue weighted by Gasteiger charge is -2.20. The van der Waals surface area contributed by atoms with Crippen molar-refractivity contribution in [2.24, 2.45) is 0 Å². The van der Waals surface area contributed by atoms with Crippen molar-refractivity contribution in [2.75, 3.05) is 23.3 Å². The van der Waals surface area contributed by atoms with E-state index in [9.17, 15) is 4.79 Å². The summed E-state index contributed by atoms with van der Waals surface area (Å²) >= 11 is 1.26. The number of halogens is 1. The molecule has 1 fully saturated rings.